The fourth-order valence-electron chi connectivity index (χ4n) is 9.46. The summed E-state index contributed by atoms with van der Waals surface area (Å²) in [5.41, 5.74) is 6.63. The summed E-state index contributed by atoms with van der Waals surface area (Å²) < 4.78 is 33.4. The van der Waals surface area contributed by atoms with E-state index in [0.717, 1.165) is 106 Å². The van der Waals surface area contributed by atoms with E-state index in [-0.39, 0.29) is 29.7 Å². The third-order valence-electron chi connectivity index (χ3n) is 12.8. The molecule has 1 aromatic heterocycles. The number of fused-ring (bicyclic) bond motifs is 1. The van der Waals surface area contributed by atoms with Crippen molar-refractivity contribution >= 4 is 45.8 Å². The van der Waals surface area contributed by atoms with E-state index in [1.807, 2.05) is 42.5 Å². The first kappa shape index (κ1) is 40.7. The lowest BCUT2D eigenvalue weighted by molar-refractivity contribution is -0.134. The third kappa shape index (κ3) is 9.61. The maximum absolute atomic E-state index is 14.0. The number of halogens is 2. The summed E-state index contributed by atoms with van der Waals surface area (Å²) in [7, 11) is 0. The fourth-order valence-corrected chi connectivity index (χ4v) is 9.46. The van der Waals surface area contributed by atoms with Crippen molar-refractivity contribution in [3.63, 3.8) is 0 Å². The molecular formula is C47H52F2N8O4. The molecule has 318 valence electrons. The summed E-state index contributed by atoms with van der Waals surface area (Å²) in [5, 5.41) is 17.3. The Hall–Kier alpha value is -5.70. The lowest BCUT2D eigenvalue weighted by Gasteiger charge is -2.43. The number of aromatic amines is 1. The van der Waals surface area contributed by atoms with E-state index in [4.69, 9.17) is 4.74 Å². The van der Waals surface area contributed by atoms with Crippen molar-refractivity contribution in [2.45, 2.75) is 69.5 Å². The van der Waals surface area contributed by atoms with Gasteiger partial charge in [-0.3, -0.25) is 34.6 Å². The van der Waals surface area contributed by atoms with E-state index >= 15 is 0 Å². The Morgan fingerprint density at radius 2 is 1.59 bits per heavy atom. The number of likely N-dealkylation sites (tertiary alicyclic amines) is 1. The van der Waals surface area contributed by atoms with Gasteiger partial charge in [0.05, 0.1) is 17.0 Å². The van der Waals surface area contributed by atoms with Crippen LogP contribution in [0.25, 0.3) is 10.9 Å². The molecule has 61 heavy (non-hydrogen) atoms. The highest BCUT2D eigenvalue weighted by Crippen LogP contribution is 2.31. The minimum absolute atomic E-state index is 0.175. The van der Waals surface area contributed by atoms with Crippen LogP contribution in [0.15, 0.2) is 78.9 Å². The first-order valence-corrected chi connectivity index (χ1v) is 21.6. The molecule has 1 unspecified atom stereocenters. The van der Waals surface area contributed by atoms with Crippen molar-refractivity contribution in [2.24, 2.45) is 0 Å². The SMILES string of the molecule is O=C1CCC(c2cccc(CN3CCC(N4CCN(c5ccc(C(=O)Nc6n[nH]c7ccc(Cc8cc(F)cc(F)c8)cc67)c(NC6CCOCC6)c5)CC4)CC3)c2)C(=O)N1. The standard InChI is InChI=1S/C47H52F2N8O4/c48-34-24-32(25-35(49)27-34)22-30-4-8-42-41(26-30)45(54-53-42)52-47(60)40-6-5-38(28-43(40)50-36-12-20-61-21-13-36)57-18-16-56(17-19-57)37-10-14-55(15-11-37)29-31-2-1-3-33(23-31)39-7-9-44(58)51-46(39)59/h1-6,8,23-28,36-37,39,50H,7,9-22,29H2,(H,51,58,59)(H2,52,53,54,60). The molecule has 1 atom stereocenters. The normalized spacial score (nSPS) is 19.9. The second-order valence-corrected chi connectivity index (χ2v) is 16.9. The number of imide groups is 1. The molecule has 4 fully saturated rings. The third-order valence-corrected chi connectivity index (χ3v) is 12.8. The highest BCUT2D eigenvalue weighted by molar-refractivity contribution is 6.11. The number of rotatable bonds is 11. The molecule has 5 aromatic rings. The van der Waals surface area contributed by atoms with Crippen LogP contribution in [0.3, 0.4) is 0 Å². The molecule has 3 amide bonds. The summed E-state index contributed by atoms with van der Waals surface area (Å²) in [6, 6.07) is 24.2. The number of anilines is 3. The highest BCUT2D eigenvalue weighted by Gasteiger charge is 2.30. The van der Waals surface area contributed by atoms with Crippen molar-refractivity contribution < 1.29 is 27.9 Å². The topological polar surface area (TPSA) is 135 Å². The van der Waals surface area contributed by atoms with E-state index in [0.29, 0.717) is 60.8 Å². The van der Waals surface area contributed by atoms with Gasteiger partial charge in [0.25, 0.3) is 5.91 Å². The number of aromatic nitrogens is 2. The number of carbonyl (C=O) groups excluding carboxylic acids is 3. The molecule has 14 heteroatoms. The molecule has 4 N–H and O–H groups in total. The molecule has 0 radical (unpaired) electrons. The number of hydrogen-bond acceptors (Lipinski definition) is 9. The maximum atomic E-state index is 14.0. The van der Waals surface area contributed by atoms with Crippen LogP contribution in [-0.2, 0) is 27.3 Å². The van der Waals surface area contributed by atoms with Gasteiger partial charge in [-0.15, -0.1) is 0 Å². The fraction of sp³-hybridized carbons (Fsp3) is 0.404. The number of piperidine rings is 2. The van der Waals surface area contributed by atoms with Gasteiger partial charge in [-0.25, -0.2) is 8.78 Å². The lowest BCUT2D eigenvalue weighted by atomic mass is 9.89. The molecule has 0 aliphatic carbocycles. The number of amides is 3. The summed E-state index contributed by atoms with van der Waals surface area (Å²) >= 11 is 0. The van der Waals surface area contributed by atoms with E-state index < -0.39 is 11.6 Å². The van der Waals surface area contributed by atoms with Crippen molar-refractivity contribution in [2.75, 3.05) is 68.0 Å². The number of piperazine rings is 1. The first-order valence-electron chi connectivity index (χ1n) is 21.6. The van der Waals surface area contributed by atoms with Gasteiger partial charge in [0, 0.05) is 87.3 Å². The average Bonchev–Trinajstić information content (AvgIpc) is 3.65. The van der Waals surface area contributed by atoms with Crippen molar-refractivity contribution in [1.82, 2.24) is 25.3 Å². The molecule has 4 aliphatic rings. The van der Waals surface area contributed by atoms with E-state index in [9.17, 15) is 23.2 Å². The van der Waals surface area contributed by atoms with Gasteiger partial charge in [-0.05, 0) is 116 Å². The van der Waals surface area contributed by atoms with Crippen LogP contribution in [0.4, 0.5) is 26.0 Å². The minimum atomic E-state index is -0.621. The monoisotopic (exact) mass is 830 g/mol. The zero-order chi connectivity index (χ0) is 41.9. The molecule has 4 aliphatic heterocycles. The Morgan fingerprint density at radius 3 is 2.36 bits per heavy atom. The number of benzene rings is 4. The Morgan fingerprint density at radius 1 is 0.803 bits per heavy atom. The number of carbonyl (C=O) groups is 3. The summed E-state index contributed by atoms with van der Waals surface area (Å²) in [6.07, 6.45) is 5.17. The average molecular weight is 831 g/mol. The van der Waals surface area contributed by atoms with E-state index in [2.05, 4.69) is 59.0 Å². The van der Waals surface area contributed by atoms with Crippen LogP contribution in [0.2, 0.25) is 0 Å². The van der Waals surface area contributed by atoms with Gasteiger partial charge in [0.1, 0.15) is 11.6 Å². The number of H-pyrrole nitrogens is 1. The zero-order valence-corrected chi connectivity index (χ0v) is 34.2. The number of nitrogens with zero attached hydrogens (tertiary/aromatic N) is 4. The Balaban J connectivity index is 0.825. The molecule has 5 heterocycles. The molecule has 12 nitrogen and oxygen atoms in total. The Kier molecular flexibility index (Phi) is 12.1. The summed E-state index contributed by atoms with van der Waals surface area (Å²) in [4.78, 5) is 45.7. The van der Waals surface area contributed by atoms with Crippen molar-refractivity contribution in [1.29, 1.82) is 0 Å². The van der Waals surface area contributed by atoms with Gasteiger partial charge < -0.3 is 20.3 Å². The van der Waals surface area contributed by atoms with Crippen LogP contribution < -0.4 is 20.9 Å². The van der Waals surface area contributed by atoms with Crippen molar-refractivity contribution in [3.05, 3.63) is 118 Å². The summed E-state index contributed by atoms with van der Waals surface area (Å²) in [5.74, 6) is -1.80. The van der Waals surface area contributed by atoms with Crippen LogP contribution in [0.5, 0.6) is 0 Å². The molecule has 0 spiro atoms. The zero-order valence-electron chi connectivity index (χ0n) is 34.2. The van der Waals surface area contributed by atoms with Gasteiger partial charge in [0.15, 0.2) is 5.82 Å². The Bertz CT molecular complexity index is 2380. The van der Waals surface area contributed by atoms with E-state index in [1.54, 1.807) is 0 Å². The van der Waals surface area contributed by atoms with Gasteiger partial charge in [0.2, 0.25) is 11.8 Å². The largest absolute Gasteiger partial charge is 0.381 e. The number of ether oxygens (including phenoxy) is 1. The minimum Gasteiger partial charge on any atom is -0.381 e. The molecule has 9 rings (SSSR count). The highest BCUT2D eigenvalue weighted by atomic mass is 19.1. The van der Waals surface area contributed by atoms with Crippen LogP contribution >= 0.6 is 0 Å². The Labute approximate surface area is 354 Å². The molecule has 4 aromatic carbocycles. The predicted octanol–water partition coefficient (Wildman–Crippen LogP) is 6.58. The number of nitrogens with one attached hydrogen (secondary N) is 4. The van der Waals surface area contributed by atoms with Gasteiger partial charge in [-0.2, -0.15) is 5.10 Å². The van der Waals surface area contributed by atoms with Crippen LogP contribution in [0, 0.1) is 11.6 Å². The quantitative estimate of drug-likeness (QED) is 0.109. The maximum Gasteiger partial charge on any atom is 0.258 e. The van der Waals surface area contributed by atoms with Crippen LogP contribution in [0.1, 0.15) is 77.1 Å². The van der Waals surface area contributed by atoms with Gasteiger partial charge >= 0.3 is 0 Å². The smallest absolute Gasteiger partial charge is 0.258 e. The second kappa shape index (κ2) is 18.1. The molecule has 0 saturated carbocycles. The molecular weight excluding hydrogens is 779 g/mol. The predicted molar refractivity (Wildman–Crippen MR) is 231 cm³/mol. The first-order chi connectivity index (χ1) is 29.7. The van der Waals surface area contributed by atoms with E-state index in [1.165, 1.54) is 17.7 Å². The van der Waals surface area contributed by atoms with Crippen LogP contribution in [-0.4, -0.2) is 102 Å². The van der Waals surface area contributed by atoms with Gasteiger partial charge in [-0.1, -0.05) is 30.3 Å². The number of hydrogen-bond donors (Lipinski definition) is 4. The molecule has 0 bridgehead atoms. The second-order valence-electron chi connectivity index (χ2n) is 16.9. The van der Waals surface area contributed by atoms with Crippen molar-refractivity contribution in [3.8, 4) is 0 Å². The summed E-state index contributed by atoms with van der Waals surface area (Å²) in [6.45, 7) is 7.92. The molecule has 4 saturated heterocycles. The lowest BCUT2D eigenvalue weighted by Crippen LogP contribution is -2.53.